The van der Waals surface area contributed by atoms with Crippen molar-refractivity contribution in [2.75, 3.05) is 32.9 Å². The quantitative estimate of drug-likeness (QED) is 0.604. The van der Waals surface area contributed by atoms with E-state index >= 15 is 0 Å². The summed E-state index contributed by atoms with van der Waals surface area (Å²) in [6, 6.07) is 4.07. The molecule has 0 radical (unpaired) electrons. The normalized spacial score (nSPS) is 10.6. The van der Waals surface area contributed by atoms with Gasteiger partial charge < -0.3 is 15.2 Å². The van der Waals surface area contributed by atoms with Gasteiger partial charge in [-0.2, -0.15) is 0 Å². The number of nitrogens with one attached hydrogen (secondary N) is 1. The van der Waals surface area contributed by atoms with Crippen LogP contribution < -0.4 is 5.32 Å². The molecule has 0 atom stereocenters. The summed E-state index contributed by atoms with van der Waals surface area (Å²) >= 11 is 0. The van der Waals surface area contributed by atoms with E-state index in [1.165, 1.54) is 5.56 Å². The molecule has 0 aliphatic carbocycles. The number of pyridine rings is 1. The fourth-order valence-electron chi connectivity index (χ4n) is 1.37. The van der Waals surface area contributed by atoms with Gasteiger partial charge in [-0.25, -0.2) is 0 Å². The molecule has 4 heteroatoms. The lowest BCUT2D eigenvalue weighted by atomic mass is 10.2. The second-order valence-corrected chi connectivity index (χ2v) is 3.54. The molecule has 90 valence electrons. The Hall–Kier alpha value is -0.970. The van der Waals surface area contributed by atoms with E-state index in [-0.39, 0.29) is 6.61 Å². The maximum Gasteiger partial charge on any atom is 0.0697 e. The molecule has 1 aromatic heterocycles. The molecule has 0 aromatic carbocycles. The average Bonchev–Trinajstić information content (AvgIpc) is 2.34. The summed E-state index contributed by atoms with van der Waals surface area (Å²) < 4.78 is 5.15. The molecule has 0 saturated heterocycles. The zero-order valence-corrected chi connectivity index (χ0v) is 9.56. The van der Waals surface area contributed by atoms with Crippen molar-refractivity contribution in [3.8, 4) is 0 Å². The molecule has 4 nitrogen and oxygen atoms in total. The number of nitrogens with zero attached hydrogens (tertiary/aromatic N) is 1. The fraction of sp³-hybridized carbons (Fsp3) is 0.583. The molecule has 0 aliphatic rings. The van der Waals surface area contributed by atoms with E-state index in [1.807, 2.05) is 24.5 Å². The largest absolute Gasteiger partial charge is 0.394 e. The van der Waals surface area contributed by atoms with E-state index in [1.54, 1.807) is 0 Å². The minimum Gasteiger partial charge on any atom is -0.394 e. The number of aliphatic hydroxyl groups is 1. The number of hydrogen-bond donors (Lipinski definition) is 2. The Morgan fingerprint density at radius 2 is 2.00 bits per heavy atom. The molecule has 0 spiro atoms. The van der Waals surface area contributed by atoms with Gasteiger partial charge in [-0.3, -0.25) is 4.98 Å². The van der Waals surface area contributed by atoms with Crippen molar-refractivity contribution in [2.24, 2.45) is 0 Å². The topological polar surface area (TPSA) is 54.4 Å². The summed E-state index contributed by atoms with van der Waals surface area (Å²) in [4.78, 5) is 3.97. The smallest absolute Gasteiger partial charge is 0.0697 e. The molecule has 16 heavy (non-hydrogen) atoms. The second-order valence-electron chi connectivity index (χ2n) is 3.54. The lowest BCUT2D eigenvalue weighted by Crippen LogP contribution is -2.20. The van der Waals surface area contributed by atoms with Gasteiger partial charge in [0.15, 0.2) is 0 Å². The summed E-state index contributed by atoms with van der Waals surface area (Å²) in [5, 5.41) is 11.8. The molecule has 1 heterocycles. The first-order valence-electron chi connectivity index (χ1n) is 5.71. The van der Waals surface area contributed by atoms with E-state index in [0.717, 1.165) is 25.9 Å². The van der Waals surface area contributed by atoms with Gasteiger partial charge in [0.05, 0.1) is 13.2 Å². The molecule has 1 aromatic rings. The van der Waals surface area contributed by atoms with Crippen LogP contribution in [0.4, 0.5) is 0 Å². The molecule has 0 saturated carbocycles. The van der Waals surface area contributed by atoms with Crippen LogP contribution in [0.5, 0.6) is 0 Å². The number of ether oxygens (including phenoxy) is 1. The van der Waals surface area contributed by atoms with Crippen LogP contribution >= 0.6 is 0 Å². The molecule has 0 fully saturated rings. The molecule has 1 rings (SSSR count). The Kier molecular flexibility index (Phi) is 7.59. The summed E-state index contributed by atoms with van der Waals surface area (Å²) in [6.07, 6.45) is 5.65. The number of hydrogen-bond acceptors (Lipinski definition) is 4. The maximum absolute atomic E-state index is 8.49. The average molecular weight is 224 g/mol. The minimum atomic E-state index is 0.107. The third kappa shape index (κ3) is 6.50. The lowest BCUT2D eigenvalue weighted by molar-refractivity contribution is 0.0908. The summed E-state index contributed by atoms with van der Waals surface area (Å²) in [6.45, 7) is 3.19. The van der Waals surface area contributed by atoms with E-state index in [9.17, 15) is 0 Å². The van der Waals surface area contributed by atoms with Crippen molar-refractivity contribution < 1.29 is 9.84 Å². The molecule has 0 amide bonds. The van der Waals surface area contributed by atoms with Gasteiger partial charge in [0.1, 0.15) is 0 Å². The highest BCUT2D eigenvalue weighted by Crippen LogP contribution is 1.95. The third-order valence-corrected chi connectivity index (χ3v) is 2.22. The first-order chi connectivity index (χ1) is 7.93. The minimum absolute atomic E-state index is 0.107. The van der Waals surface area contributed by atoms with Gasteiger partial charge in [-0.1, -0.05) is 0 Å². The van der Waals surface area contributed by atoms with Gasteiger partial charge in [0, 0.05) is 19.0 Å². The van der Waals surface area contributed by atoms with Crippen LogP contribution in [-0.2, 0) is 11.2 Å². The Bertz CT molecular complexity index is 254. The van der Waals surface area contributed by atoms with Gasteiger partial charge in [0.2, 0.25) is 0 Å². The Morgan fingerprint density at radius 1 is 1.19 bits per heavy atom. The molecular weight excluding hydrogens is 204 g/mol. The number of aliphatic hydroxyl groups excluding tert-OH is 1. The molecule has 0 unspecified atom stereocenters. The molecular formula is C12H20N2O2. The van der Waals surface area contributed by atoms with Crippen molar-refractivity contribution in [1.29, 1.82) is 0 Å². The maximum atomic E-state index is 8.49. The van der Waals surface area contributed by atoms with Gasteiger partial charge >= 0.3 is 0 Å². The lowest BCUT2D eigenvalue weighted by Gasteiger charge is -2.05. The fourth-order valence-corrected chi connectivity index (χ4v) is 1.37. The molecule has 0 aliphatic heterocycles. The predicted octanol–water partition coefficient (Wildman–Crippen LogP) is 0.613. The molecule has 2 N–H and O–H groups in total. The highest BCUT2D eigenvalue weighted by Gasteiger charge is 1.92. The van der Waals surface area contributed by atoms with Gasteiger partial charge in [-0.15, -0.1) is 0 Å². The van der Waals surface area contributed by atoms with Crippen molar-refractivity contribution >= 4 is 0 Å². The standard InChI is InChI=1S/C12H20N2O2/c15-9-11-16-10-1-5-13-6-2-12-3-7-14-8-4-12/h3-4,7-8,13,15H,1-2,5-6,9-11H2. The third-order valence-electron chi connectivity index (χ3n) is 2.22. The van der Waals surface area contributed by atoms with E-state index in [2.05, 4.69) is 10.3 Å². The van der Waals surface area contributed by atoms with Crippen LogP contribution in [0.3, 0.4) is 0 Å². The highest BCUT2D eigenvalue weighted by molar-refractivity contribution is 5.09. The number of rotatable bonds is 9. The van der Waals surface area contributed by atoms with Crippen LogP contribution in [0.25, 0.3) is 0 Å². The molecule has 0 bridgehead atoms. The zero-order valence-electron chi connectivity index (χ0n) is 9.56. The van der Waals surface area contributed by atoms with Gasteiger partial charge in [0.25, 0.3) is 0 Å². The Morgan fingerprint density at radius 3 is 2.75 bits per heavy atom. The monoisotopic (exact) mass is 224 g/mol. The van der Waals surface area contributed by atoms with Crippen LogP contribution in [0.15, 0.2) is 24.5 Å². The predicted molar refractivity (Wildman–Crippen MR) is 63.3 cm³/mol. The van der Waals surface area contributed by atoms with Crippen molar-refractivity contribution in [3.63, 3.8) is 0 Å². The Labute approximate surface area is 96.7 Å². The van der Waals surface area contributed by atoms with Crippen molar-refractivity contribution in [2.45, 2.75) is 12.8 Å². The van der Waals surface area contributed by atoms with Crippen LogP contribution in [0.1, 0.15) is 12.0 Å². The Balaban J connectivity index is 1.89. The summed E-state index contributed by atoms with van der Waals surface area (Å²) in [7, 11) is 0. The van der Waals surface area contributed by atoms with E-state index in [4.69, 9.17) is 9.84 Å². The highest BCUT2D eigenvalue weighted by atomic mass is 16.5. The van der Waals surface area contributed by atoms with Crippen LogP contribution in [0.2, 0.25) is 0 Å². The summed E-state index contributed by atoms with van der Waals surface area (Å²) in [5.74, 6) is 0. The van der Waals surface area contributed by atoms with Crippen LogP contribution in [0, 0.1) is 0 Å². The summed E-state index contributed by atoms with van der Waals surface area (Å²) in [5.41, 5.74) is 1.30. The van der Waals surface area contributed by atoms with E-state index in [0.29, 0.717) is 13.2 Å². The first kappa shape index (κ1) is 13.1. The second kappa shape index (κ2) is 9.27. The van der Waals surface area contributed by atoms with Crippen LogP contribution in [-0.4, -0.2) is 43.0 Å². The zero-order chi connectivity index (χ0) is 11.5. The van der Waals surface area contributed by atoms with Crippen molar-refractivity contribution in [1.82, 2.24) is 10.3 Å². The first-order valence-corrected chi connectivity index (χ1v) is 5.71. The van der Waals surface area contributed by atoms with E-state index < -0.39 is 0 Å². The van der Waals surface area contributed by atoms with Crippen molar-refractivity contribution in [3.05, 3.63) is 30.1 Å². The van der Waals surface area contributed by atoms with Gasteiger partial charge in [-0.05, 0) is 43.6 Å². The number of aromatic nitrogens is 1. The SMILES string of the molecule is OCCOCCCNCCc1ccncc1.